The van der Waals surface area contributed by atoms with E-state index in [0.29, 0.717) is 13.1 Å². The van der Waals surface area contributed by atoms with Crippen LogP contribution in [0.15, 0.2) is 28.7 Å². The Morgan fingerprint density at radius 3 is 2.88 bits per heavy atom. The van der Waals surface area contributed by atoms with Gasteiger partial charge in [-0.1, -0.05) is 22.0 Å². The Hall–Kier alpha value is -1.44. The number of anilines is 1. The minimum Gasteiger partial charge on any atom is -0.355 e. The Labute approximate surface area is 150 Å². The van der Waals surface area contributed by atoms with Crippen LogP contribution < -0.4 is 15.5 Å². The highest BCUT2D eigenvalue weighted by atomic mass is 79.9. The number of nitrogens with one attached hydrogen (secondary N) is 2. The molecule has 2 N–H and O–H groups in total. The second-order valence-corrected chi connectivity index (χ2v) is 7.18. The highest BCUT2D eigenvalue weighted by Crippen LogP contribution is 2.27. The van der Waals surface area contributed by atoms with E-state index in [4.69, 9.17) is 0 Å². The van der Waals surface area contributed by atoms with Crippen LogP contribution >= 0.6 is 15.9 Å². The van der Waals surface area contributed by atoms with Crippen LogP contribution in [0.25, 0.3) is 0 Å². The maximum atomic E-state index is 12.3. The molecular formula is C17H23BrN4O2. The molecule has 2 fully saturated rings. The van der Waals surface area contributed by atoms with Gasteiger partial charge in [0.05, 0.1) is 5.92 Å². The molecule has 130 valence electrons. The molecule has 1 unspecified atom stereocenters. The topological polar surface area (TPSA) is 64.7 Å². The van der Waals surface area contributed by atoms with Crippen molar-refractivity contribution in [3.8, 4) is 0 Å². The second-order valence-electron chi connectivity index (χ2n) is 6.27. The molecule has 1 aromatic carbocycles. The number of benzene rings is 1. The fourth-order valence-corrected chi connectivity index (χ4v) is 3.58. The van der Waals surface area contributed by atoms with Crippen LogP contribution in [0.4, 0.5) is 5.69 Å². The van der Waals surface area contributed by atoms with Crippen LogP contribution in [-0.2, 0) is 9.59 Å². The van der Waals surface area contributed by atoms with Gasteiger partial charge in [-0.15, -0.1) is 0 Å². The van der Waals surface area contributed by atoms with E-state index in [-0.39, 0.29) is 24.2 Å². The Morgan fingerprint density at radius 1 is 1.33 bits per heavy atom. The average Bonchev–Trinajstić information content (AvgIpc) is 2.98. The summed E-state index contributed by atoms with van der Waals surface area (Å²) in [6.07, 6.45) is 0.284. The smallest absolute Gasteiger partial charge is 0.227 e. The van der Waals surface area contributed by atoms with Crippen molar-refractivity contribution in [1.29, 1.82) is 0 Å². The summed E-state index contributed by atoms with van der Waals surface area (Å²) in [6.45, 7) is 6.01. The number of halogens is 1. The van der Waals surface area contributed by atoms with E-state index < -0.39 is 0 Å². The molecule has 0 bridgehead atoms. The van der Waals surface area contributed by atoms with E-state index in [1.165, 1.54) is 0 Å². The van der Waals surface area contributed by atoms with E-state index in [9.17, 15) is 9.59 Å². The number of nitrogens with zero attached hydrogens (tertiary/aromatic N) is 2. The summed E-state index contributed by atoms with van der Waals surface area (Å²) >= 11 is 3.42. The first kappa shape index (κ1) is 17.4. The maximum Gasteiger partial charge on any atom is 0.227 e. The summed E-state index contributed by atoms with van der Waals surface area (Å²) in [5.74, 6) is -0.272. The highest BCUT2D eigenvalue weighted by Gasteiger charge is 2.35. The van der Waals surface area contributed by atoms with Crippen LogP contribution in [0.2, 0.25) is 0 Å². The van der Waals surface area contributed by atoms with Crippen molar-refractivity contribution in [2.45, 2.75) is 6.42 Å². The van der Waals surface area contributed by atoms with Gasteiger partial charge < -0.3 is 15.5 Å². The molecule has 2 aliphatic rings. The number of carbonyl (C=O) groups is 2. The summed E-state index contributed by atoms with van der Waals surface area (Å²) in [5.41, 5.74) is 0.838. The zero-order chi connectivity index (χ0) is 16.9. The third-order valence-electron chi connectivity index (χ3n) is 4.55. The molecule has 0 spiro atoms. The predicted octanol–water partition coefficient (Wildman–Crippen LogP) is 0.823. The van der Waals surface area contributed by atoms with Crippen LogP contribution in [0.1, 0.15) is 6.42 Å². The van der Waals surface area contributed by atoms with E-state index in [1.807, 2.05) is 24.3 Å². The van der Waals surface area contributed by atoms with Crippen molar-refractivity contribution in [3.05, 3.63) is 28.7 Å². The van der Waals surface area contributed by atoms with Gasteiger partial charge >= 0.3 is 0 Å². The molecule has 24 heavy (non-hydrogen) atoms. The minimum absolute atomic E-state index is 0.00959. The summed E-state index contributed by atoms with van der Waals surface area (Å²) in [5, 5.41) is 6.30. The van der Waals surface area contributed by atoms with E-state index in [0.717, 1.165) is 42.9 Å². The Kier molecular flexibility index (Phi) is 5.86. The summed E-state index contributed by atoms with van der Waals surface area (Å²) in [4.78, 5) is 28.6. The molecule has 0 aliphatic carbocycles. The molecular weight excluding hydrogens is 372 g/mol. The quantitative estimate of drug-likeness (QED) is 0.775. The van der Waals surface area contributed by atoms with Gasteiger partial charge in [0.1, 0.15) is 0 Å². The molecule has 7 heteroatoms. The Balaban J connectivity index is 1.48. The molecule has 3 rings (SSSR count). The monoisotopic (exact) mass is 394 g/mol. The standard InChI is InChI=1S/C17H23BrN4O2/c18-14-2-1-3-15(11-14)22-12-13(10-16(22)23)17(24)20-6-9-21-7-4-19-5-8-21/h1-3,11,13,19H,4-10,12H2,(H,20,24). The second kappa shape index (κ2) is 8.09. The minimum atomic E-state index is -0.264. The average molecular weight is 395 g/mol. The van der Waals surface area contributed by atoms with Crippen molar-refractivity contribution < 1.29 is 9.59 Å². The molecule has 1 atom stereocenters. The zero-order valence-electron chi connectivity index (χ0n) is 13.6. The highest BCUT2D eigenvalue weighted by molar-refractivity contribution is 9.10. The summed E-state index contributed by atoms with van der Waals surface area (Å²) in [6, 6.07) is 7.62. The lowest BCUT2D eigenvalue weighted by atomic mass is 10.1. The number of carbonyl (C=O) groups excluding carboxylic acids is 2. The lowest BCUT2D eigenvalue weighted by Gasteiger charge is -2.27. The van der Waals surface area contributed by atoms with E-state index in [2.05, 4.69) is 31.5 Å². The van der Waals surface area contributed by atoms with Crippen molar-refractivity contribution >= 4 is 33.4 Å². The van der Waals surface area contributed by atoms with Gasteiger partial charge in [-0.05, 0) is 18.2 Å². The molecule has 2 saturated heterocycles. The molecule has 0 saturated carbocycles. The third kappa shape index (κ3) is 4.34. The first-order valence-corrected chi connectivity index (χ1v) is 9.19. The molecule has 2 aliphatic heterocycles. The van der Waals surface area contributed by atoms with Crippen LogP contribution in [0.3, 0.4) is 0 Å². The fourth-order valence-electron chi connectivity index (χ4n) is 3.19. The summed E-state index contributed by atoms with van der Waals surface area (Å²) < 4.78 is 0.928. The van der Waals surface area contributed by atoms with Crippen LogP contribution in [-0.4, -0.2) is 62.5 Å². The molecule has 0 radical (unpaired) electrons. The predicted molar refractivity (Wildman–Crippen MR) is 96.9 cm³/mol. The van der Waals surface area contributed by atoms with Crippen molar-refractivity contribution in [2.75, 3.05) is 50.7 Å². The van der Waals surface area contributed by atoms with Gasteiger partial charge in [0.25, 0.3) is 0 Å². The van der Waals surface area contributed by atoms with Gasteiger partial charge in [0.15, 0.2) is 0 Å². The molecule has 0 aromatic heterocycles. The van der Waals surface area contributed by atoms with Crippen LogP contribution in [0.5, 0.6) is 0 Å². The van der Waals surface area contributed by atoms with Gasteiger partial charge in [-0.2, -0.15) is 0 Å². The normalized spacial score (nSPS) is 22.0. The van der Waals surface area contributed by atoms with E-state index >= 15 is 0 Å². The van der Waals surface area contributed by atoms with Gasteiger partial charge in [0.2, 0.25) is 11.8 Å². The first-order valence-electron chi connectivity index (χ1n) is 8.40. The third-order valence-corrected chi connectivity index (χ3v) is 5.05. The lowest BCUT2D eigenvalue weighted by molar-refractivity contribution is -0.126. The molecule has 2 amide bonds. The largest absolute Gasteiger partial charge is 0.355 e. The number of rotatable bonds is 5. The van der Waals surface area contributed by atoms with E-state index in [1.54, 1.807) is 4.90 Å². The van der Waals surface area contributed by atoms with Gasteiger partial charge in [-0.3, -0.25) is 14.5 Å². The SMILES string of the molecule is O=C(NCCN1CCNCC1)C1CC(=O)N(c2cccc(Br)c2)C1. The number of hydrogen-bond donors (Lipinski definition) is 2. The number of hydrogen-bond acceptors (Lipinski definition) is 4. The maximum absolute atomic E-state index is 12.3. The first-order chi connectivity index (χ1) is 11.6. The van der Waals surface area contributed by atoms with Crippen molar-refractivity contribution in [2.24, 2.45) is 5.92 Å². The zero-order valence-corrected chi connectivity index (χ0v) is 15.2. The Morgan fingerprint density at radius 2 is 2.12 bits per heavy atom. The Bertz CT molecular complexity index is 604. The van der Waals surface area contributed by atoms with Gasteiger partial charge in [0, 0.05) is 62.4 Å². The summed E-state index contributed by atoms with van der Waals surface area (Å²) in [7, 11) is 0. The molecule has 1 aromatic rings. The van der Waals surface area contributed by atoms with Crippen LogP contribution in [0, 0.1) is 5.92 Å². The molecule has 2 heterocycles. The molecule has 6 nitrogen and oxygen atoms in total. The lowest BCUT2D eigenvalue weighted by Crippen LogP contribution is -2.46. The van der Waals surface area contributed by atoms with Gasteiger partial charge in [-0.25, -0.2) is 0 Å². The number of amides is 2. The van der Waals surface area contributed by atoms with Crippen molar-refractivity contribution in [3.63, 3.8) is 0 Å². The fraction of sp³-hybridized carbons (Fsp3) is 0.529. The van der Waals surface area contributed by atoms with Crippen molar-refractivity contribution in [1.82, 2.24) is 15.5 Å². The number of piperazine rings is 1.